The minimum atomic E-state index is -0.418. The number of anilines is 2. The van der Waals surface area contributed by atoms with E-state index in [1.54, 1.807) is 35.0 Å². The SMILES string of the molecule is O=[N+]([O-])c1ccc(C2=Nn3c(Cc4ccccc4Nc4c(Cl)cccc4Cl)nnc3SC2)cc1. The van der Waals surface area contributed by atoms with Crippen LogP contribution < -0.4 is 5.32 Å². The smallest absolute Gasteiger partial charge is 0.269 e. The molecule has 1 aliphatic heterocycles. The highest BCUT2D eigenvalue weighted by atomic mass is 35.5. The average molecular weight is 511 g/mol. The Labute approximate surface area is 208 Å². The molecule has 0 aliphatic carbocycles. The summed E-state index contributed by atoms with van der Waals surface area (Å²) in [5, 5.41) is 29.4. The summed E-state index contributed by atoms with van der Waals surface area (Å²) in [7, 11) is 0. The molecule has 1 aliphatic rings. The van der Waals surface area contributed by atoms with Crippen LogP contribution in [0.2, 0.25) is 10.0 Å². The fraction of sp³-hybridized carbons (Fsp3) is 0.0870. The largest absolute Gasteiger partial charge is 0.353 e. The van der Waals surface area contributed by atoms with Crippen molar-refractivity contribution in [1.29, 1.82) is 0 Å². The molecular formula is C23H16Cl2N6O2S. The zero-order valence-corrected chi connectivity index (χ0v) is 19.8. The lowest BCUT2D eigenvalue weighted by atomic mass is 10.1. The van der Waals surface area contributed by atoms with E-state index in [2.05, 4.69) is 15.5 Å². The van der Waals surface area contributed by atoms with E-state index in [1.807, 2.05) is 24.3 Å². The molecule has 0 amide bonds. The summed E-state index contributed by atoms with van der Waals surface area (Å²) < 4.78 is 1.73. The lowest BCUT2D eigenvalue weighted by Crippen LogP contribution is -2.15. The number of nitro groups is 1. The van der Waals surface area contributed by atoms with Crippen molar-refractivity contribution in [2.24, 2.45) is 5.10 Å². The van der Waals surface area contributed by atoms with E-state index < -0.39 is 4.92 Å². The lowest BCUT2D eigenvalue weighted by Gasteiger charge is -2.16. The molecule has 8 nitrogen and oxygen atoms in total. The molecular weight excluding hydrogens is 495 g/mol. The Kier molecular flexibility index (Phi) is 6.23. The molecule has 0 unspecified atom stereocenters. The van der Waals surface area contributed by atoms with E-state index >= 15 is 0 Å². The van der Waals surface area contributed by atoms with Crippen molar-refractivity contribution < 1.29 is 4.92 Å². The number of non-ortho nitro benzene ring substituents is 1. The van der Waals surface area contributed by atoms with Gasteiger partial charge in [-0.3, -0.25) is 10.1 Å². The molecule has 34 heavy (non-hydrogen) atoms. The quantitative estimate of drug-likeness (QED) is 0.245. The normalized spacial score (nSPS) is 12.7. The summed E-state index contributed by atoms with van der Waals surface area (Å²) in [5.41, 5.74) is 4.10. The number of halogens is 2. The van der Waals surface area contributed by atoms with Gasteiger partial charge in [-0.2, -0.15) is 9.78 Å². The fourth-order valence-electron chi connectivity index (χ4n) is 3.51. The molecule has 170 valence electrons. The number of nitro benzene ring substituents is 1. The second-order valence-electron chi connectivity index (χ2n) is 7.41. The van der Waals surface area contributed by atoms with Crippen LogP contribution in [-0.4, -0.2) is 31.3 Å². The molecule has 0 saturated heterocycles. The molecule has 0 fully saturated rings. The van der Waals surface area contributed by atoms with Crippen LogP contribution in [0, 0.1) is 10.1 Å². The second kappa shape index (κ2) is 9.46. The molecule has 1 N–H and O–H groups in total. The summed E-state index contributed by atoms with van der Waals surface area (Å²) in [6, 6.07) is 19.5. The molecule has 11 heteroatoms. The summed E-state index contributed by atoms with van der Waals surface area (Å²) >= 11 is 14.2. The predicted octanol–water partition coefficient (Wildman–Crippen LogP) is 6.19. The van der Waals surface area contributed by atoms with Crippen LogP contribution >= 0.6 is 35.0 Å². The van der Waals surface area contributed by atoms with Gasteiger partial charge in [-0.25, -0.2) is 0 Å². The molecule has 0 spiro atoms. The highest BCUT2D eigenvalue weighted by Gasteiger charge is 2.21. The van der Waals surface area contributed by atoms with Crippen LogP contribution in [0.25, 0.3) is 0 Å². The van der Waals surface area contributed by atoms with Crippen LogP contribution in [0.4, 0.5) is 17.1 Å². The molecule has 3 aromatic carbocycles. The standard InChI is InChI=1S/C23H16Cl2N6O2S/c24-17-5-3-6-18(25)22(17)26-19-7-2-1-4-15(19)12-21-27-28-23-30(21)29-20(13-34-23)14-8-10-16(11-9-14)31(32)33/h1-11,26H,12-13H2. The first-order chi connectivity index (χ1) is 16.5. The Morgan fingerprint density at radius 1 is 1.00 bits per heavy atom. The highest BCUT2D eigenvalue weighted by molar-refractivity contribution is 7.99. The van der Waals surface area contributed by atoms with Crippen LogP contribution in [0.1, 0.15) is 17.0 Å². The monoisotopic (exact) mass is 510 g/mol. The Morgan fingerprint density at radius 3 is 2.47 bits per heavy atom. The van der Waals surface area contributed by atoms with E-state index in [9.17, 15) is 10.1 Å². The Morgan fingerprint density at radius 2 is 1.74 bits per heavy atom. The van der Waals surface area contributed by atoms with E-state index in [0.717, 1.165) is 22.5 Å². The minimum Gasteiger partial charge on any atom is -0.353 e. The Bertz CT molecular complexity index is 1400. The Balaban J connectivity index is 1.44. The summed E-state index contributed by atoms with van der Waals surface area (Å²) in [4.78, 5) is 10.5. The van der Waals surface area contributed by atoms with Crippen molar-refractivity contribution in [3.63, 3.8) is 0 Å². The number of hydrogen-bond donors (Lipinski definition) is 1. The summed E-state index contributed by atoms with van der Waals surface area (Å²) in [5.74, 6) is 1.26. The van der Waals surface area contributed by atoms with Gasteiger partial charge >= 0.3 is 0 Å². The van der Waals surface area contributed by atoms with Crippen molar-refractivity contribution in [1.82, 2.24) is 14.9 Å². The van der Waals surface area contributed by atoms with Crippen LogP contribution in [0.15, 0.2) is 77.0 Å². The maximum Gasteiger partial charge on any atom is 0.269 e. The highest BCUT2D eigenvalue weighted by Crippen LogP contribution is 2.34. The van der Waals surface area contributed by atoms with Crippen molar-refractivity contribution in [3.8, 4) is 0 Å². The topological polar surface area (TPSA) is 98.2 Å². The first-order valence-electron chi connectivity index (χ1n) is 10.2. The molecule has 0 saturated carbocycles. The molecule has 2 heterocycles. The first kappa shape index (κ1) is 22.4. The van der Waals surface area contributed by atoms with E-state index in [-0.39, 0.29) is 5.69 Å². The molecule has 0 bridgehead atoms. The number of para-hydroxylation sites is 2. The number of nitrogens with one attached hydrogen (secondary N) is 1. The van der Waals surface area contributed by atoms with Gasteiger partial charge in [-0.15, -0.1) is 10.2 Å². The van der Waals surface area contributed by atoms with Crippen molar-refractivity contribution in [3.05, 3.63) is 104 Å². The molecule has 0 atom stereocenters. The van der Waals surface area contributed by atoms with Gasteiger partial charge in [0.1, 0.15) is 0 Å². The molecule has 0 radical (unpaired) electrons. The Hall–Kier alpha value is -3.40. The number of thioether (sulfide) groups is 1. The van der Waals surface area contributed by atoms with Gasteiger partial charge in [-0.1, -0.05) is 59.2 Å². The number of aromatic nitrogens is 3. The van der Waals surface area contributed by atoms with E-state index in [1.165, 1.54) is 23.9 Å². The number of hydrogen-bond acceptors (Lipinski definition) is 7. The molecule has 1 aromatic heterocycles. The van der Waals surface area contributed by atoms with Crippen molar-refractivity contribution in [2.75, 3.05) is 11.1 Å². The summed E-state index contributed by atoms with van der Waals surface area (Å²) in [6.07, 6.45) is 0.468. The van der Waals surface area contributed by atoms with E-state index in [4.69, 9.17) is 28.3 Å². The number of fused-ring (bicyclic) bond motifs is 1. The first-order valence-corrected chi connectivity index (χ1v) is 11.9. The van der Waals surface area contributed by atoms with Gasteiger partial charge in [0, 0.05) is 30.0 Å². The van der Waals surface area contributed by atoms with Crippen LogP contribution in [-0.2, 0) is 6.42 Å². The van der Waals surface area contributed by atoms with Gasteiger partial charge in [0.05, 0.1) is 26.4 Å². The number of rotatable bonds is 6. The molecule has 4 aromatic rings. The number of nitrogens with zero attached hydrogens (tertiary/aromatic N) is 5. The van der Waals surface area contributed by atoms with E-state index in [0.29, 0.717) is 38.9 Å². The maximum absolute atomic E-state index is 10.9. The second-order valence-corrected chi connectivity index (χ2v) is 9.16. The van der Waals surface area contributed by atoms with Crippen LogP contribution in [0.5, 0.6) is 0 Å². The van der Waals surface area contributed by atoms with Gasteiger partial charge < -0.3 is 5.32 Å². The maximum atomic E-state index is 10.9. The van der Waals surface area contributed by atoms with Gasteiger partial charge in [0.2, 0.25) is 5.16 Å². The zero-order chi connectivity index (χ0) is 23.7. The molecule has 5 rings (SSSR count). The third-order valence-electron chi connectivity index (χ3n) is 5.24. The zero-order valence-electron chi connectivity index (χ0n) is 17.5. The van der Waals surface area contributed by atoms with Gasteiger partial charge in [-0.05, 0) is 41.5 Å². The lowest BCUT2D eigenvalue weighted by molar-refractivity contribution is -0.384. The fourth-order valence-corrected chi connectivity index (χ4v) is 4.86. The van der Waals surface area contributed by atoms with Gasteiger partial charge in [0.25, 0.3) is 5.69 Å². The predicted molar refractivity (Wildman–Crippen MR) is 135 cm³/mol. The third-order valence-corrected chi connectivity index (χ3v) is 6.80. The number of benzene rings is 3. The minimum absolute atomic E-state index is 0.0428. The van der Waals surface area contributed by atoms with Crippen LogP contribution in [0.3, 0.4) is 0 Å². The summed E-state index contributed by atoms with van der Waals surface area (Å²) in [6.45, 7) is 0. The van der Waals surface area contributed by atoms with Gasteiger partial charge in [0.15, 0.2) is 5.82 Å². The van der Waals surface area contributed by atoms with Crippen molar-refractivity contribution in [2.45, 2.75) is 11.6 Å². The third kappa shape index (κ3) is 4.50. The van der Waals surface area contributed by atoms with Crippen molar-refractivity contribution >= 4 is 57.7 Å². The average Bonchev–Trinajstić information content (AvgIpc) is 3.24.